The number of benzene rings is 1. The number of halogens is 2. The SMILES string of the molecule is C[C@H]1c2cc(F)c(F)c3ccn(c23)C[C@@H]1N(C)C. The lowest BCUT2D eigenvalue weighted by Crippen LogP contribution is -2.39. The summed E-state index contributed by atoms with van der Waals surface area (Å²) in [6, 6.07) is 3.33. The van der Waals surface area contributed by atoms with Crippen LogP contribution in [-0.4, -0.2) is 29.6 Å². The molecule has 2 aromatic rings. The third-order valence-electron chi connectivity index (χ3n) is 4.08. The zero-order valence-corrected chi connectivity index (χ0v) is 10.7. The van der Waals surface area contributed by atoms with E-state index in [0.717, 1.165) is 17.6 Å². The van der Waals surface area contributed by atoms with E-state index in [1.54, 1.807) is 6.07 Å². The first-order chi connectivity index (χ1) is 8.50. The number of aromatic nitrogens is 1. The molecular formula is C14H16F2N2. The average Bonchev–Trinajstić information content (AvgIpc) is 2.73. The summed E-state index contributed by atoms with van der Waals surface area (Å²) in [7, 11) is 4.04. The molecule has 0 spiro atoms. The standard InChI is InChI=1S/C14H16F2N2/c1-8-10-6-11(15)13(16)9-4-5-18(14(9)10)7-12(8)17(2)3/h4-6,8,12H,7H2,1-3H3/t8-,12-/m0/s1. The van der Waals surface area contributed by atoms with Crippen LogP contribution in [0.25, 0.3) is 10.9 Å². The fourth-order valence-corrected chi connectivity index (χ4v) is 3.04. The molecule has 0 radical (unpaired) electrons. The van der Waals surface area contributed by atoms with Gasteiger partial charge in [0.25, 0.3) is 0 Å². The molecule has 1 aromatic carbocycles. The fraction of sp³-hybridized carbons (Fsp3) is 0.429. The molecule has 0 bridgehead atoms. The number of hydrogen-bond acceptors (Lipinski definition) is 1. The van der Waals surface area contributed by atoms with Crippen LogP contribution in [0.3, 0.4) is 0 Å². The molecule has 0 N–H and O–H groups in total. The highest BCUT2D eigenvalue weighted by atomic mass is 19.2. The van der Waals surface area contributed by atoms with Crippen molar-refractivity contribution in [3.05, 3.63) is 35.5 Å². The van der Waals surface area contributed by atoms with Gasteiger partial charge in [-0.05, 0) is 31.8 Å². The van der Waals surface area contributed by atoms with Crippen LogP contribution in [-0.2, 0) is 6.54 Å². The van der Waals surface area contributed by atoms with Gasteiger partial charge in [-0.3, -0.25) is 0 Å². The number of rotatable bonds is 1. The molecular weight excluding hydrogens is 234 g/mol. The zero-order chi connectivity index (χ0) is 13.0. The molecule has 96 valence electrons. The van der Waals surface area contributed by atoms with Crippen molar-refractivity contribution < 1.29 is 8.78 Å². The topological polar surface area (TPSA) is 8.17 Å². The minimum atomic E-state index is -0.749. The highest BCUT2D eigenvalue weighted by Crippen LogP contribution is 2.37. The quantitative estimate of drug-likeness (QED) is 0.755. The van der Waals surface area contributed by atoms with Crippen LogP contribution in [0.5, 0.6) is 0 Å². The Bertz CT molecular complexity index is 616. The van der Waals surface area contributed by atoms with Gasteiger partial charge in [-0.15, -0.1) is 0 Å². The van der Waals surface area contributed by atoms with Crippen LogP contribution in [0.2, 0.25) is 0 Å². The Morgan fingerprint density at radius 3 is 2.72 bits per heavy atom. The van der Waals surface area contributed by atoms with Crippen molar-refractivity contribution in [1.82, 2.24) is 9.47 Å². The lowest BCUT2D eigenvalue weighted by Gasteiger charge is -2.35. The largest absolute Gasteiger partial charge is 0.346 e. The van der Waals surface area contributed by atoms with Crippen LogP contribution in [0.15, 0.2) is 18.3 Å². The first-order valence-electron chi connectivity index (χ1n) is 6.14. The maximum atomic E-state index is 13.7. The number of nitrogens with zero attached hydrogens (tertiary/aromatic N) is 2. The second kappa shape index (κ2) is 3.79. The third kappa shape index (κ3) is 1.42. The summed E-state index contributed by atoms with van der Waals surface area (Å²) in [5.41, 5.74) is 1.75. The van der Waals surface area contributed by atoms with Crippen molar-refractivity contribution in [2.45, 2.75) is 25.4 Å². The van der Waals surface area contributed by atoms with Gasteiger partial charge in [-0.1, -0.05) is 6.92 Å². The Labute approximate surface area is 105 Å². The second-order valence-corrected chi connectivity index (χ2v) is 5.31. The van der Waals surface area contributed by atoms with E-state index in [4.69, 9.17) is 0 Å². The molecule has 3 rings (SSSR count). The molecule has 2 atom stereocenters. The molecule has 0 saturated carbocycles. The van der Waals surface area contributed by atoms with Crippen molar-refractivity contribution in [1.29, 1.82) is 0 Å². The van der Waals surface area contributed by atoms with E-state index in [2.05, 4.69) is 11.8 Å². The first kappa shape index (κ1) is 11.7. The molecule has 2 nitrogen and oxygen atoms in total. The molecule has 1 aromatic heterocycles. The third-order valence-corrected chi connectivity index (χ3v) is 4.08. The highest BCUT2D eigenvalue weighted by molar-refractivity contribution is 5.85. The van der Waals surface area contributed by atoms with Crippen LogP contribution >= 0.6 is 0 Å². The van der Waals surface area contributed by atoms with E-state index >= 15 is 0 Å². The predicted octanol–water partition coefficient (Wildman–Crippen LogP) is 2.97. The molecule has 0 aliphatic carbocycles. The lowest BCUT2D eigenvalue weighted by molar-refractivity contribution is 0.228. The summed E-state index contributed by atoms with van der Waals surface area (Å²) in [5, 5.41) is 0.397. The summed E-state index contributed by atoms with van der Waals surface area (Å²) in [6.07, 6.45) is 1.85. The Kier molecular flexibility index (Phi) is 2.45. The highest BCUT2D eigenvalue weighted by Gasteiger charge is 2.30. The van der Waals surface area contributed by atoms with E-state index in [1.165, 1.54) is 6.07 Å². The summed E-state index contributed by atoms with van der Waals surface area (Å²) in [6.45, 7) is 2.89. The number of hydrogen-bond donors (Lipinski definition) is 0. The van der Waals surface area contributed by atoms with Gasteiger partial charge in [0, 0.05) is 30.1 Å². The van der Waals surface area contributed by atoms with E-state index in [1.807, 2.05) is 24.9 Å². The molecule has 0 unspecified atom stereocenters. The van der Waals surface area contributed by atoms with E-state index in [9.17, 15) is 8.78 Å². The zero-order valence-electron chi connectivity index (χ0n) is 10.7. The van der Waals surface area contributed by atoms with Gasteiger partial charge in [0.05, 0.1) is 5.52 Å². The van der Waals surface area contributed by atoms with Crippen molar-refractivity contribution >= 4 is 10.9 Å². The predicted molar refractivity (Wildman–Crippen MR) is 67.7 cm³/mol. The van der Waals surface area contributed by atoms with Crippen LogP contribution in [0.1, 0.15) is 18.4 Å². The molecule has 1 aliphatic rings. The van der Waals surface area contributed by atoms with Crippen molar-refractivity contribution in [3.8, 4) is 0 Å². The van der Waals surface area contributed by atoms with Gasteiger partial charge in [-0.25, -0.2) is 8.78 Å². The van der Waals surface area contributed by atoms with Crippen LogP contribution < -0.4 is 0 Å². The van der Waals surface area contributed by atoms with Crippen molar-refractivity contribution in [2.24, 2.45) is 0 Å². The van der Waals surface area contributed by atoms with Crippen molar-refractivity contribution in [3.63, 3.8) is 0 Å². The molecule has 0 saturated heterocycles. The molecule has 4 heteroatoms. The van der Waals surface area contributed by atoms with Crippen LogP contribution in [0.4, 0.5) is 8.78 Å². The first-order valence-corrected chi connectivity index (χ1v) is 6.14. The van der Waals surface area contributed by atoms with E-state index in [-0.39, 0.29) is 5.92 Å². The molecule has 1 aliphatic heterocycles. The molecule has 0 amide bonds. The van der Waals surface area contributed by atoms with E-state index in [0.29, 0.717) is 11.4 Å². The summed E-state index contributed by atoms with van der Waals surface area (Å²) < 4.78 is 29.4. The van der Waals surface area contributed by atoms with E-state index < -0.39 is 11.6 Å². The average molecular weight is 250 g/mol. The van der Waals surface area contributed by atoms with Gasteiger partial charge in [0.2, 0.25) is 0 Å². The minimum Gasteiger partial charge on any atom is -0.346 e. The smallest absolute Gasteiger partial charge is 0.168 e. The molecule has 0 fully saturated rings. The monoisotopic (exact) mass is 250 g/mol. The van der Waals surface area contributed by atoms with Gasteiger partial charge < -0.3 is 9.47 Å². The Balaban J connectivity index is 2.29. The van der Waals surface area contributed by atoms with Gasteiger partial charge >= 0.3 is 0 Å². The maximum absolute atomic E-state index is 13.7. The summed E-state index contributed by atoms with van der Waals surface area (Å²) >= 11 is 0. The Morgan fingerprint density at radius 2 is 2.06 bits per heavy atom. The second-order valence-electron chi connectivity index (χ2n) is 5.31. The Morgan fingerprint density at radius 1 is 1.33 bits per heavy atom. The normalized spacial score (nSPS) is 23.0. The summed E-state index contributed by atoms with van der Waals surface area (Å²) in [5.74, 6) is -1.29. The summed E-state index contributed by atoms with van der Waals surface area (Å²) in [4.78, 5) is 2.14. The fourth-order valence-electron chi connectivity index (χ4n) is 3.04. The number of likely N-dealkylation sites (N-methyl/N-ethyl adjacent to an activating group) is 1. The van der Waals surface area contributed by atoms with Gasteiger partial charge in [0.15, 0.2) is 11.6 Å². The van der Waals surface area contributed by atoms with Gasteiger partial charge in [-0.2, -0.15) is 0 Å². The van der Waals surface area contributed by atoms with Crippen LogP contribution in [0, 0.1) is 11.6 Å². The molecule has 18 heavy (non-hydrogen) atoms. The molecule has 2 heterocycles. The van der Waals surface area contributed by atoms with Crippen molar-refractivity contribution in [2.75, 3.05) is 14.1 Å². The van der Waals surface area contributed by atoms with Gasteiger partial charge in [0.1, 0.15) is 0 Å². The Hall–Kier alpha value is -1.42. The maximum Gasteiger partial charge on any atom is 0.168 e. The minimum absolute atomic E-state index is 0.194. The lowest BCUT2D eigenvalue weighted by atomic mass is 9.88.